The predicted octanol–water partition coefficient (Wildman–Crippen LogP) is 0.712. The highest BCUT2D eigenvalue weighted by Gasteiger charge is 2.37. The van der Waals surface area contributed by atoms with E-state index in [0.29, 0.717) is 31.6 Å². The second kappa shape index (κ2) is 8.92. The van der Waals surface area contributed by atoms with Gasteiger partial charge in [-0.15, -0.1) is 0 Å². The van der Waals surface area contributed by atoms with Gasteiger partial charge in [0.2, 0.25) is 11.8 Å². The number of likely N-dealkylation sites (N-methyl/N-ethyl adjacent to an activating group) is 1. The summed E-state index contributed by atoms with van der Waals surface area (Å²) in [4.78, 5) is 26.0. The summed E-state index contributed by atoms with van der Waals surface area (Å²) >= 11 is 0. The molecule has 138 valence electrons. The lowest BCUT2D eigenvalue weighted by Crippen LogP contribution is -2.42. The first-order chi connectivity index (χ1) is 11.9. The fourth-order valence-corrected chi connectivity index (χ4v) is 3.19. The number of carbonyl (C=O) groups is 2. The van der Waals surface area contributed by atoms with Crippen molar-refractivity contribution in [2.45, 2.75) is 45.3 Å². The molecule has 0 radical (unpaired) electrons. The molecule has 1 aliphatic heterocycles. The Labute approximate surface area is 147 Å². The lowest BCUT2D eigenvalue weighted by molar-refractivity contribution is -0.126. The van der Waals surface area contributed by atoms with Gasteiger partial charge in [-0.3, -0.25) is 14.5 Å². The number of aliphatic hydroxyl groups is 1. The van der Waals surface area contributed by atoms with E-state index in [2.05, 4.69) is 10.6 Å². The summed E-state index contributed by atoms with van der Waals surface area (Å²) in [6, 6.07) is 4.31. The summed E-state index contributed by atoms with van der Waals surface area (Å²) in [5.41, 5.74) is 1.49. The third-order valence-electron chi connectivity index (χ3n) is 4.34. The van der Waals surface area contributed by atoms with E-state index in [0.717, 1.165) is 5.56 Å². The summed E-state index contributed by atoms with van der Waals surface area (Å²) in [5.74, 6) is -0.659. The second-order valence-corrected chi connectivity index (χ2v) is 6.41. The maximum atomic E-state index is 14.1. The van der Waals surface area contributed by atoms with Gasteiger partial charge in [0.1, 0.15) is 5.82 Å². The Kier molecular flexibility index (Phi) is 6.90. The highest BCUT2D eigenvalue weighted by atomic mass is 19.1. The molecule has 0 aromatic heterocycles. The number of halogens is 1. The van der Waals surface area contributed by atoms with Crippen molar-refractivity contribution in [3.8, 4) is 0 Å². The maximum absolute atomic E-state index is 14.1. The molecule has 6 nitrogen and oxygen atoms in total. The van der Waals surface area contributed by atoms with Crippen molar-refractivity contribution < 1.29 is 19.1 Å². The summed E-state index contributed by atoms with van der Waals surface area (Å²) in [5, 5.41) is 14.5. The lowest BCUT2D eigenvalue weighted by Gasteiger charge is -2.23. The normalized spacial score (nSPS) is 20.5. The Morgan fingerprint density at radius 1 is 1.40 bits per heavy atom. The van der Waals surface area contributed by atoms with Crippen LogP contribution in [0.4, 0.5) is 4.39 Å². The molecule has 1 fully saturated rings. The van der Waals surface area contributed by atoms with E-state index in [4.69, 9.17) is 5.11 Å². The zero-order chi connectivity index (χ0) is 18.4. The van der Waals surface area contributed by atoms with E-state index in [-0.39, 0.29) is 36.7 Å². The molecule has 25 heavy (non-hydrogen) atoms. The highest BCUT2D eigenvalue weighted by molar-refractivity contribution is 5.82. The van der Waals surface area contributed by atoms with Crippen LogP contribution in [0, 0.1) is 12.7 Å². The van der Waals surface area contributed by atoms with Gasteiger partial charge in [0.15, 0.2) is 0 Å². The molecule has 0 saturated carbocycles. The molecule has 0 spiro atoms. The molecule has 1 heterocycles. The first kappa shape index (κ1) is 19.3. The molecule has 3 N–H and O–H groups in total. The first-order valence-electron chi connectivity index (χ1n) is 8.61. The Hall–Kier alpha value is -1.99. The van der Waals surface area contributed by atoms with Gasteiger partial charge < -0.3 is 15.7 Å². The van der Waals surface area contributed by atoms with E-state index < -0.39 is 6.04 Å². The fourth-order valence-electron chi connectivity index (χ4n) is 3.19. The second-order valence-electron chi connectivity index (χ2n) is 6.41. The van der Waals surface area contributed by atoms with Crippen LogP contribution in [-0.4, -0.2) is 53.6 Å². The SMILES string of the molecule is CCNC(=O)[C@@H]1C[C@H](NC(=O)CCO)CN1Cc1cc(C)ccc1F. The van der Waals surface area contributed by atoms with Crippen molar-refractivity contribution in [2.75, 3.05) is 19.7 Å². The molecular formula is C18H26FN3O3. The molecule has 7 heteroatoms. The molecule has 2 atom stereocenters. The van der Waals surface area contributed by atoms with Gasteiger partial charge >= 0.3 is 0 Å². The molecule has 1 aromatic carbocycles. The van der Waals surface area contributed by atoms with Crippen molar-refractivity contribution in [3.63, 3.8) is 0 Å². The van der Waals surface area contributed by atoms with Crippen LogP contribution in [0.1, 0.15) is 30.9 Å². The number of likely N-dealkylation sites (tertiary alicyclic amines) is 1. The average molecular weight is 351 g/mol. The average Bonchev–Trinajstić information content (AvgIpc) is 2.94. The Morgan fingerprint density at radius 2 is 2.16 bits per heavy atom. The van der Waals surface area contributed by atoms with Crippen LogP contribution < -0.4 is 10.6 Å². The monoisotopic (exact) mass is 351 g/mol. The number of nitrogens with zero attached hydrogens (tertiary/aromatic N) is 1. The smallest absolute Gasteiger partial charge is 0.237 e. The van der Waals surface area contributed by atoms with Gasteiger partial charge in [0.25, 0.3) is 0 Å². The third kappa shape index (κ3) is 5.24. The van der Waals surface area contributed by atoms with E-state index in [1.807, 2.05) is 18.7 Å². The number of hydrogen-bond acceptors (Lipinski definition) is 4. The minimum atomic E-state index is -0.417. The molecule has 1 aromatic rings. The van der Waals surface area contributed by atoms with E-state index in [9.17, 15) is 14.0 Å². The van der Waals surface area contributed by atoms with Crippen LogP contribution in [0.15, 0.2) is 18.2 Å². The Bertz CT molecular complexity index is 624. The van der Waals surface area contributed by atoms with Crippen molar-refractivity contribution in [3.05, 3.63) is 35.1 Å². The van der Waals surface area contributed by atoms with Gasteiger partial charge in [-0.2, -0.15) is 0 Å². The first-order valence-corrected chi connectivity index (χ1v) is 8.61. The zero-order valence-corrected chi connectivity index (χ0v) is 14.7. The molecule has 0 unspecified atom stereocenters. The number of aliphatic hydroxyl groups excluding tert-OH is 1. The van der Waals surface area contributed by atoms with Gasteiger partial charge in [0, 0.05) is 37.7 Å². The predicted molar refractivity (Wildman–Crippen MR) is 92.3 cm³/mol. The van der Waals surface area contributed by atoms with Crippen LogP contribution in [0.2, 0.25) is 0 Å². The molecule has 0 aliphatic carbocycles. The topological polar surface area (TPSA) is 81.7 Å². The van der Waals surface area contributed by atoms with E-state index in [1.54, 1.807) is 12.1 Å². The van der Waals surface area contributed by atoms with Crippen molar-refractivity contribution in [1.29, 1.82) is 0 Å². The van der Waals surface area contributed by atoms with Gasteiger partial charge in [-0.05, 0) is 26.3 Å². The minimum absolute atomic E-state index is 0.0365. The number of nitrogens with one attached hydrogen (secondary N) is 2. The molecule has 1 aliphatic rings. The van der Waals surface area contributed by atoms with Crippen LogP contribution in [0.3, 0.4) is 0 Å². The summed E-state index contributed by atoms with van der Waals surface area (Å²) in [6.45, 7) is 4.82. The van der Waals surface area contributed by atoms with Crippen molar-refractivity contribution in [2.24, 2.45) is 0 Å². The number of aryl methyl sites for hydroxylation is 1. The number of amides is 2. The molecule has 1 saturated heterocycles. The minimum Gasteiger partial charge on any atom is -0.396 e. The van der Waals surface area contributed by atoms with Crippen LogP contribution in [-0.2, 0) is 16.1 Å². The van der Waals surface area contributed by atoms with Crippen LogP contribution >= 0.6 is 0 Å². The van der Waals surface area contributed by atoms with E-state index in [1.165, 1.54) is 6.07 Å². The standard InChI is InChI=1S/C18H26FN3O3/c1-3-20-18(25)16-9-14(21-17(24)6-7-23)11-22(16)10-13-8-12(2)4-5-15(13)19/h4-5,8,14,16,23H,3,6-7,9-11H2,1-2H3,(H,20,25)(H,21,24)/t14-,16-/m0/s1. The van der Waals surface area contributed by atoms with Gasteiger partial charge in [-0.25, -0.2) is 4.39 Å². The summed E-state index contributed by atoms with van der Waals surface area (Å²) in [7, 11) is 0. The van der Waals surface area contributed by atoms with Gasteiger partial charge in [0.05, 0.1) is 12.6 Å². The molecule has 2 amide bonds. The van der Waals surface area contributed by atoms with Crippen LogP contribution in [0.5, 0.6) is 0 Å². The summed E-state index contributed by atoms with van der Waals surface area (Å²) < 4.78 is 14.1. The molecule has 0 bridgehead atoms. The van der Waals surface area contributed by atoms with Gasteiger partial charge in [-0.1, -0.05) is 17.7 Å². The largest absolute Gasteiger partial charge is 0.396 e. The molecular weight excluding hydrogens is 325 g/mol. The van der Waals surface area contributed by atoms with Crippen molar-refractivity contribution >= 4 is 11.8 Å². The number of benzene rings is 1. The maximum Gasteiger partial charge on any atom is 0.237 e. The zero-order valence-electron chi connectivity index (χ0n) is 14.7. The Balaban J connectivity index is 2.12. The quantitative estimate of drug-likeness (QED) is 0.676. The van der Waals surface area contributed by atoms with E-state index >= 15 is 0 Å². The van der Waals surface area contributed by atoms with Crippen molar-refractivity contribution in [1.82, 2.24) is 15.5 Å². The Morgan fingerprint density at radius 3 is 2.84 bits per heavy atom. The van der Waals surface area contributed by atoms with Crippen LogP contribution in [0.25, 0.3) is 0 Å². The number of carbonyl (C=O) groups excluding carboxylic acids is 2. The highest BCUT2D eigenvalue weighted by Crippen LogP contribution is 2.23. The number of hydrogen-bond donors (Lipinski definition) is 3. The third-order valence-corrected chi connectivity index (χ3v) is 4.34. The lowest BCUT2D eigenvalue weighted by atomic mass is 10.1. The number of rotatable bonds is 7. The molecule has 2 rings (SSSR count). The fraction of sp³-hybridized carbons (Fsp3) is 0.556. The summed E-state index contributed by atoms with van der Waals surface area (Å²) in [6.07, 6.45) is 0.505.